The van der Waals surface area contributed by atoms with Crippen LogP contribution in [-0.2, 0) is 16.2 Å². The second-order valence-corrected chi connectivity index (χ2v) is 10.0. The average Bonchev–Trinajstić information content (AvgIpc) is 2.50. The summed E-state index contributed by atoms with van der Waals surface area (Å²) in [7, 11) is -4.50. The van der Waals surface area contributed by atoms with E-state index in [1.54, 1.807) is 0 Å². The quantitative estimate of drug-likeness (QED) is 0.708. The molecule has 1 aromatic carbocycles. The van der Waals surface area contributed by atoms with Crippen LogP contribution in [-0.4, -0.2) is 25.7 Å². The fourth-order valence-corrected chi connectivity index (χ4v) is 4.31. The Labute approximate surface area is 158 Å². The highest BCUT2D eigenvalue weighted by Gasteiger charge is 2.38. The van der Waals surface area contributed by atoms with E-state index >= 15 is 0 Å². The first kappa shape index (κ1) is 22.0. The van der Waals surface area contributed by atoms with Gasteiger partial charge in [0.15, 0.2) is 0 Å². The zero-order valence-electron chi connectivity index (χ0n) is 15.7. The Morgan fingerprint density at radius 1 is 1.22 bits per heavy atom. The molecule has 0 bridgehead atoms. The molecule has 154 valence electrons. The fourth-order valence-electron chi connectivity index (χ4n) is 3.57. The minimum Gasteiger partial charge on any atom is -0.388 e. The van der Waals surface area contributed by atoms with Crippen LogP contribution in [0.3, 0.4) is 0 Å². The summed E-state index contributed by atoms with van der Waals surface area (Å²) in [6, 6.07) is 2.77. The van der Waals surface area contributed by atoms with Gasteiger partial charge in [0, 0.05) is 12.2 Å². The molecule has 1 aliphatic carbocycles. The Morgan fingerprint density at radius 3 is 2.22 bits per heavy atom. The molecule has 0 saturated heterocycles. The van der Waals surface area contributed by atoms with Crippen molar-refractivity contribution in [1.82, 2.24) is 0 Å². The highest BCUT2D eigenvalue weighted by molar-refractivity contribution is 7.89. The van der Waals surface area contributed by atoms with Crippen molar-refractivity contribution in [2.24, 2.45) is 16.5 Å². The first-order valence-electron chi connectivity index (χ1n) is 8.82. The summed E-state index contributed by atoms with van der Waals surface area (Å²) in [6.07, 6.45) is -2.05. The molecule has 0 atom stereocenters. The predicted molar refractivity (Wildman–Crippen MR) is 97.7 cm³/mol. The summed E-state index contributed by atoms with van der Waals surface area (Å²) in [5.41, 5.74) is -2.09. The lowest BCUT2D eigenvalue weighted by Gasteiger charge is -2.41. The zero-order valence-corrected chi connectivity index (χ0v) is 16.5. The predicted octanol–water partition coefficient (Wildman–Crippen LogP) is 3.73. The average molecular weight is 408 g/mol. The van der Waals surface area contributed by atoms with Crippen molar-refractivity contribution in [2.75, 3.05) is 11.9 Å². The lowest BCUT2D eigenvalue weighted by Crippen LogP contribution is -2.42. The number of anilines is 1. The Balaban J connectivity index is 2.13. The molecule has 9 heteroatoms. The number of primary sulfonamides is 1. The lowest BCUT2D eigenvalue weighted by atomic mass is 9.68. The minimum absolute atomic E-state index is 0.0843. The largest absolute Gasteiger partial charge is 0.417 e. The van der Waals surface area contributed by atoms with Crippen LogP contribution in [0, 0.1) is 11.3 Å². The van der Waals surface area contributed by atoms with E-state index in [2.05, 4.69) is 26.1 Å². The molecular weight excluding hydrogens is 381 g/mol. The molecule has 2 rings (SSSR count). The summed E-state index contributed by atoms with van der Waals surface area (Å²) in [4.78, 5) is -0.968. The van der Waals surface area contributed by atoms with Gasteiger partial charge >= 0.3 is 6.18 Å². The third-order valence-electron chi connectivity index (χ3n) is 5.35. The normalized spacial score (nSPS) is 24.7. The van der Waals surface area contributed by atoms with E-state index in [1.807, 2.05) is 0 Å². The summed E-state index contributed by atoms with van der Waals surface area (Å²) in [5.74, 6) is 0.489. The van der Waals surface area contributed by atoms with Crippen LogP contribution in [0.25, 0.3) is 0 Å². The fraction of sp³-hybridized carbons (Fsp3) is 0.667. The number of aliphatic hydroxyl groups is 1. The Kier molecular flexibility index (Phi) is 5.90. The van der Waals surface area contributed by atoms with E-state index in [9.17, 15) is 26.7 Å². The van der Waals surface area contributed by atoms with Gasteiger partial charge in [-0.15, -0.1) is 0 Å². The monoisotopic (exact) mass is 408 g/mol. The molecule has 4 N–H and O–H groups in total. The number of halogens is 3. The van der Waals surface area contributed by atoms with E-state index in [-0.39, 0.29) is 17.6 Å². The molecule has 0 radical (unpaired) electrons. The summed E-state index contributed by atoms with van der Waals surface area (Å²) >= 11 is 0. The van der Waals surface area contributed by atoms with E-state index in [0.717, 1.165) is 18.9 Å². The van der Waals surface area contributed by atoms with Gasteiger partial charge < -0.3 is 10.4 Å². The first-order chi connectivity index (χ1) is 12.1. The summed E-state index contributed by atoms with van der Waals surface area (Å²) in [5, 5.41) is 18.4. The van der Waals surface area contributed by atoms with Crippen LogP contribution in [0.2, 0.25) is 0 Å². The third kappa shape index (κ3) is 5.58. The summed E-state index contributed by atoms with van der Waals surface area (Å²) < 4.78 is 62.4. The number of hydrogen-bond acceptors (Lipinski definition) is 4. The number of benzene rings is 1. The molecule has 0 aromatic heterocycles. The molecule has 1 aliphatic rings. The highest BCUT2D eigenvalue weighted by atomic mass is 32.2. The standard InChI is InChI=1S/C18H27F3N2O3S/c1-16(2,3)12-6-8-17(24,9-7-12)11-23-13-4-5-15(27(22,25)26)14(10-13)18(19,20)21/h4-5,10,12,23-24H,6-9,11H2,1-3H3,(H2,22,25,26). The van der Waals surface area contributed by atoms with E-state index in [0.29, 0.717) is 24.8 Å². The Hall–Kier alpha value is -1.32. The van der Waals surface area contributed by atoms with Gasteiger partial charge in [0.1, 0.15) is 0 Å². The number of alkyl halides is 3. The van der Waals surface area contributed by atoms with Crippen molar-refractivity contribution in [3.05, 3.63) is 23.8 Å². The molecule has 0 unspecified atom stereocenters. The maximum absolute atomic E-state index is 13.2. The Bertz CT molecular complexity index is 778. The van der Waals surface area contributed by atoms with Crippen molar-refractivity contribution in [3.63, 3.8) is 0 Å². The smallest absolute Gasteiger partial charge is 0.388 e. The molecule has 0 heterocycles. The second kappa shape index (κ2) is 7.25. The SMILES string of the molecule is CC(C)(C)C1CCC(O)(CNc2ccc(S(N)(=O)=O)c(C(F)(F)F)c2)CC1. The molecule has 5 nitrogen and oxygen atoms in total. The molecular formula is C18H27F3N2O3S. The van der Waals surface area contributed by atoms with Gasteiger partial charge in [0.05, 0.1) is 16.1 Å². The number of rotatable bonds is 4. The van der Waals surface area contributed by atoms with Gasteiger partial charge in [-0.2, -0.15) is 13.2 Å². The minimum atomic E-state index is -4.86. The van der Waals surface area contributed by atoms with Crippen molar-refractivity contribution >= 4 is 15.7 Å². The molecule has 1 aromatic rings. The van der Waals surface area contributed by atoms with Crippen LogP contribution in [0.4, 0.5) is 18.9 Å². The van der Waals surface area contributed by atoms with Crippen molar-refractivity contribution in [1.29, 1.82) is 0 Å². The van der Waals surface area contributed by atoms with Crippen LogP contribution >= 0.6 is 0 Å². The molecule has 0 aliphatic heterocycles. The van der Waals surface area contributed by atoms with Crippen LogP contribution in [0.15, 0.2) is 23.1 Å². The van der Waals surface area contributed by atoms with Crippen molar-refractivity contribution < 1.29 is 26.7 Å². The maximum atomic E-state index is 13.2. The van der Waals surface area contributed by atoms with E-state index in [4.69, 9.17) is 5.14 Å². The van der Waals surface area contributed by atoms with Gasteiger partial charge in [0.2, 0.25) is 10.0 Å². The molecule has 1 saturated carbocycles. The van der Waals surface area contributed by atoms with Crippen LogP contribution in [0.1, 0.15) is 52.0 Å². The lowest BCUT2D eigenvalue weighted by molar-refractivity contribution is -0.139. The molecule has 27 heavy (non-hydrogen) atoms. The van der Waals surface area contributed by atoms with Crippen LogP contribution in [0.5, 0.6) is 0 Å². The highest BCUT2D eigenvalue weighted by Crippen LogP contribution is 2.41. The topological polar surface area (TPSA) is 92.4 Å². The second-order valence-electron chi connectivity index (χ2n) is 8.47. The van der Waals surface area contributed by atoms with Crippen molar-refractivity contribution in [3.8, 4) is 0 Å². The van der Waals surface area contributed by atoms with Gasteiger partial charge in [0.25, 0.3) is 0 Å². The first-order valence-corrected chi connectivity index (χ1v) is 10.4. The maximum Gasteiger partial charge on any atom is 0.417 e. The van der Waals surface area contributed by atoms with Gasteiger partial charge in [-0.1, -0.05) is 20.8 Å². The van der Waals surface area contributed by atoms with E-state index in [1.165, 1.54) is 6.07 Å². The molecule has 0 amide bonds. The molecule has 0 spiro atoms. The third-order valence-corrected chi connectivity index (χ3v) is 6.32. The van der Waals surface area contributed by atoms with Crippen molar-refractivity contribution in [2.45, 2.75) is 63.1 Å². The number of nitrogens with one attached hydrogen (secondary N) is 1. The number of sulfonamides is 1. The van der Waals surface area contributed by atoms with Gasteiger partial charge in [-0.05, 0) is 55.2 Å². The van der Waals surface area contributed by atoms with Crippen LogP contribution < -0.4 is 10.5 Å². The van der Waals surface area contributed by atoms with Gasteiger partial charge in [-0.25, -0.2) is 13.6 Å². The number of hydrogen-bond donors (Lipinski definition) is 3. The number of nitrogens with two attached hydrogens (primary N) is 1. The zero-order chi connectivity index (χ0) is 20.7. The van der Waals surface area contributed by atoms with Gasteiger partial charge in [-0.3, -0.25) is 0 Å². The van der Waals surface area contributed by atoms with E-state index < -0.39 is 32.3 Å². The Morgan fingerprint density at radius 2 is 1.78 bits per heavy atom. The summed E-state index contributed by atoms with van der Waals surface area (Å²) in [6.45, 7) is 6.57. The molecule has 1 fully saturated rings.